The Morgan fingerprint density at radius 2 is 1.86 bits per heavy atom. The Labute approximate surface area is 133 Å². The minimum Gasteiger partial charge on any atom is -0.396 e. The van der Waals surface area contributed by atoms with E-state index in [1.165, 1.54) is 11.3 Å². The van der Waals surface area contributed by atoms with Gasteiger partial charge in [0.15, 0.2) is 15.6 Å². The third kappa shape index (κ3) is 3.37. The Balaban J connectivity index is 2.57. The first-order chi connectivity index (χ1) is 9.73. The van der Waals surface area contributed by atoms with Gasteiger partial charge in [0.05, 0.1) is 10.6 Å². The highest BCUT2D eigenvalue weighted by Gasteiger charge is 2.31. The lowest BCUT2D eigenvalue weighted by atomic mass is 10.1. The van der Waals surface area contributed by atoms with Crippen LogP contribution in [0.4, 0.5) is 10.7 Å². The van der Waals surface area contributed by atoms with Crippen molar-refractivity contribution in [2.75, 3.05) is 41.5 Å². The van der Waals surface area contributed by atoms with Crippen LogP contribution in [0.1, 0.15) is 23.5 Å². The molecule has 2 heterocycles. The summed E-state index contributed by atoms with van der Waals surface area (Å²) in [5, 5.41) is 0.624. The molecule has 1 aromatic heterocycles. The molecule has 118 valence electrons. The van der Waals surface area contributed by atoms with E-state index in [1.54, 1.807) is 13.8 Å². The molecule has 0 unspecified atom stereocenters. The molecule has 0 aliphatic carbocycles. The summed E-state index contributed by atoms with van der Waals surface area (Å²) in [6.07, 6.45) is 1.15. The molecule has 1 fully saturated rings. The van der Waals surface area contributed by atoms with E-state index in [2.05, 4.69) is 0 Å². The lowest BCUT2D eigenvalue weighted by molar-refractivity contribution is 0.0944. The number of ketones is 1. The van der Waals surface area contributed by atoms with Gasteiger partial charge in [-0.1, -0.05) is 13.8 Å². The van der Waals surface area contributed by atoms with Crippen molar-refractivity contribution in [3.05, 3.63) is 4.88 Å². The zero-order valence-electron chi connectivity index (χ0n) is 12.4. The smallest absolute Gasteiger partial charge is 0.180 e. The van der Waals surface area contributed by atoms with Gasteiger partial charge in [-0.15, -0.1) is 11.3 Å². The number of nitrogens with zero attached hydrogens (tertiary/aromatic N) is 1. The second-order valence-corrected chi connectivity index (χ2v) is 9.55. The number of anilines is 2. The van der Waals surface area contributed by atoms with Crippen molar-refractivity contribution in [2.24, 2.45) is 5.92 Å². The molecule has 0 aromatic carbocycles. The molecule has 8 heteroatoms. The van der Waals surface area contributed by atoms with Crippen LogP contribution >= 0.6 is 23.1 Å². The lowest BCUT2D eigenvalue weighted by Crippen LogP contribution is -2.32. The number of carbonyl (C=O) groups excluding carboxylic acids is 1. The quantitative estimate of drug-likeness (QED) is 0.840. The van der Waals surface area contributed by atoms with Crippen LogP contribution in [0.15, 0.2) is 4.90 Å². The zero-order chi connectivity index (χ0) is 15.8. The monoisotopic (exact) mass is 348 g/mol. The summed E-state index contributed by atoms with van der Waals surface area (Å²) in [7, 11) is -3.47. The number of sulfone groups is 1. The predicted molar refractivity (Wildman–Crippen MR) is 90.5 cm³/mol. The minimum absolute atomic E-state index is 0.0972. The Hall–Kier alpha value is -0.730. The number of thioether (sulfide) groups is 1. The van der Waals surface area contributed by atoms with Gasteiger partial charge < -0.3 is 10.6 Å². The van der Waals surface area contributed by atoms with Gasteiger partial charge in [0, 0.05) is 36.8 Å². The molecule has 0 saturated carbocycles. The average Bonchev–Trinajstić information content (AvgIpc) is 2.76. The highest BCUT2D eigenvalue weighted by Crippen LogP contribution is 2.43. The molecule has 2 N–H and O–H groups in total. The molecule has 1 aliphatic rings. The van der Waals surface area contributed by atoms with Crippen molar-refractivity contribution >= 4 is 49.4 Å². The molecule has 0 bridgehead atoms. The van der Waals surface area contributed by atoms with Crippen LogP contribution in [0.3, 0.4) is 0 Å². The van der Waals surface area contributed by atoms with Crippen molar-refractivity contribution in [2.45, 2.75) is 18.7 Å². The normalized spacial score (nSPS) is 16.5. The summed E-state index contributed by atoms with van der Waals surface area (Å²) in [6, 6.07) is 0. The minimum atomic E-state index is -3.47. The summed E-state index contributed by atoms with van der Waals surface area (Å²) >= 11 is 3.06. The third-order valence-electron chi connectivity index (χ3n) is 3.30. The van der Waals surface area contributed by atoms with E-state index in [9.17, 15) is 13.2 Å². The summed E-state index contributed by atoms with van der Waals surface area (Å²) in [4.78, 5) is 14.8. The van der Waals surface area contributed by atoms with Gasteiger partial charge in [-0.05, 0) is 0 Å². The van der Waals surface area contributed by atoms with E-state index in [0.717, 1.165) is 30.9 Å². The number of rotatable bonds is 4. The maximum absolute atomic E-state index is 12.3. The van der Waals surface area contributed by atoms with E-state index >= 15 is 0 Å². The van der Waals surface area contributed by atoms with E-state index in [1.807, 2.05) is 16.7 Å². The van der Waals surface area contributed by atoms with Gasteiger partial charge in [-0.25, -0.2) is 8.42 Å². The first kappa shape index (κ1) is 16.6. The van der Waals surface area contributed by atoms with Gasteiger partial charge in [0.1, 0.15) is 9.90 Å². The Bertz CT molecular complexity index is 644. The summed E-state index contributed by atoms with van der Waals surface area (Å²) in [5.41, 5.74) is 6.13. The molecule has 5 nitrogen and oxygen atoms in total. The fraction of sp³-hybridized carbons (Fsp3) is 0.615. The molecule has 1 aliphatic heterocycles. The van der Waals surface area contributed by atoms with Crippen molar-refractivity contribution < 1.29 is 13.2 Å². The number of carbonyl (C=O) groups is 1. The molecule has 1 saturated heterocycles. The number of Topliss-reactive ketones (excluding diaryl/α,β-unsaturated/α-hetero) is 1. The number of hydrogen-bond donors (Lipinski definition) is 1. The Morgan fingerprint density at radius 3 is 2.33 bits per heavy atom. The summed E-state index contributed by atoms with van der Waals surface area (Å²) in [6.45, 7) is 5.14. The summed E-state index contributed by atoms with van der Waals surface area (Å²) in [5.74, 6) is 1.60. The van der Waals surface area contributed by atoms with Crippen LogP contribution in [0, 0.1) is 5.92 Å². The Kier molecular flexibility index (Phi) is 4.89. The zero-order valence-corrected chi connectivity index (χ0v) is 14.8. The van der Waals surface area contributed by atoms with Gasteiger partial charge in [0.2, 0.25) is 0 Å². The van der Waals surface area contributed by atoms with Crippen molar-refractivity contribution in [1.82, 2.24) is 0 Å². The van der Waals surface area contributed by atoms with Crippen LogP contribution in [0.5, 0.6) is 0 Å². The van der Waals surface area contributed by atoms with E-state index in [4.69, 9.17) is 5.73 Å². The number of nitrogen functional groups attached to an aromatic ring is 1. The number of nitrogens with two attached hydrogens (primary N) is 1. The van der Waals surface area contributed by atoms with Crippen LogP contribution in [-0.2, 0) is 9.84 Å². The molecule has 2 rings (SSSR count). The van der Waals surface area contributed by atoms with Gasteiger partial charge in [-0.3, -0.25) is 4.79 Å². The van der Waals surface area contributed by atoms with E-state index < -0.39 is 9.84 Å². The highest BCUT2D eigenvalue weighted by molar-refractivity contribution is 7.99. The topological polar surface area (TPSA) is 80.5 Å². The van der Waals surface area contributed by atoms with Crippen molar-refractivity contribution in [1.29, 1.82) is 0 Å². The second-order valence-electron chi connectivity index (χ2n) is 5.37. The molecular weight excluding hydrogens is 328 g/mol. The fourth-order valence-corrected chi connectivity index (χ4v) is 5.95. The number of hydrogen-bond acceptors (Lipinski definition) is 7. The highest BCUT2D eigenvalue weighted by atomic mass is 32.2. The maximum Gasteiger partial charge on any atom is 0.180 e. The van der Waals surface area contributed by atoms with Gasteiger partial charge >= 0.3 is 0 Å². The lowest BCUT2D eigenvalue weighted by Gasteiger charge is -2.27. The molecule has 0 radical (unpaired) electrons. The second kappa shape index (κ2) is 6.18. The van der Waals surface area contributed by atoms with Crippen LogP contribution in [-0.4, -0.2) is 45.1 Å². The number of thiophene rings is 1. The van der Waals surface area contributed by atoms with Crippen LogP contribution < -0.4 is 10.6 Å². The molecule has 1 aromatic rings. The molecule has 0 spiro atoms. The standard InChI is InChI=1S/C13H20N2O3S3/c1-8(2)10(16)11-9(14)12(21(3,17)18)13(20-11)15-4-6-19-7-5-15/h8H,4-7,14H2,1-3H3. The third-order valence-corrected chi connectivity index (χ3v) is 6.81. The summed E-state index contributed by atoms with van der Waals surface area (Å²) < 4.78 is 24.2. The maximum atomic E-state index is 12.3. The van der Waals surface area contributed by atoms with Gasteiger partial charge in [0.25, 0.3) is 0 Å². The fourth-order valence-electron chi connectivity index (χ4n) is 2.19. The van der Waals surface area contributed by atoms with Crippen molar-refractivity contribution in [3.63, 3.8) is 0 Å². The van der Waals surface area contributed by atoms with Crippen LogP contribution in [0.25, 0.3) is 0 Å². The molecule has 21 heavy (non-hydrogen) atoms. The molecular formula is C13H20N2O3S3. The Morgan fingerprint density at radius 1 is 1.29 bits per heavy atom. The van der Waals surface area contributed by atoms with E-state index in [-0.39, 0.29) is 22.3 Å². The largest absolute Gasteiger partial charge is 0.396 e. The van der Waals surface area contributed by atoms with Gasteiger partial charge in [-0.2, -0.15) is 11.8 Å². The van der Waals surface area contributed by atoms with E-state index in [0.29, 0.717) is 9.88 Å². The van der Waals surface area contributed by atoms with Crippen molar-refractivity contribution in [3.8, 4) is 0 Å². The predicted octanol–water partition coefficient (Wildman–Crippen LogP) is 2.13. The molecule has 0 atom stereocenters. The first-order valence-electron chi connectivity index (χ1n) is 6.72. The van der Waals surface area contributed by atoms with Crippen LogP contribution in [0.2, 0.25) is 0 Å². The first-order valence-corrected chi connectivity index (χ1v) is 10.6. The SMILES string of the molecule is CC(C)C(=O)c1sc(N2CCSCC2)c(S(C)(=O)=O)c1N. The molecule has 0 amide bonds. The average molecular weight is 349 g/mol.